The zero-order valence-corrected chi connectivity index (χ0v) is 23.5. The molecule has 0 spiro atoms. The first-order valence-corrected chi connectivity index (χ1v) is 14.6. The second-order valence-electron chi connectivity index (χ2n) is 11.3. The van der Waals surface area contributed by atoms with Gasteiger partial charge in [-0.25, -0.2) is 37.5 Å². The lowest BCUT2D eigenvalue weighted by Crippen LogP contribution is -2.63. The fourth-order valence-electron chi connectivity index (χ4n) is 7.30. The summed E-state index contributed by atoms with van der Waals surface area (Å²) in [6.07, 6.45) is 10.7. The van der Waals surface area contributed by atoms with Crippen molar-refractivity contribution in [1.82, 2.24) is 37.9 Å². The maximum Gasteiger partial charge on any atom is 0.340 e. The van der Waals surface area contributed by atoms with Gasteiger partial charge in [0.2, 0.25) is 29.1 Å². The number of hydrogen-bond donors (Lipinski definition) is 2. The minimum atomic E-state index is -1.55. The summed E-state index contributed by atoms with van der Waals surface area (Å²) in [6, 6.07) is 24.4. The molecule has 1 aliphatic carbocycles. The molecule has 7 aromatic rings. The van der Waals surface area contributed by atoms with Gasteiger partial charge in [0.1, 0.15) is 0 Å². The van der Waals surface area contributed by atoms with Gasteiger partial charge >= 0.3 is 11.4 Å². The zero-order chi connectivity index (χ0) is 29.9. The summed E-state index contributed by atoms with van der Waals surface area (Å²) in [7, 11) is 0. The van der Waals surface area contributed by atoms with Crippen LogP contribution in [0.15, 0.2) is 124 Å². The third-order valence-corrected chi connectivity index (χ3v) is 9.06. The molecule has 0 saturated heterocycles. The minimum Gasteiger partial charge on any atom is -0.325 e. The number of anilines is 2. The molecule has 0 atom stereocenters. The number of nitrogens with one attached hydrogen (secondary N) is 2. The highest BCUT2D eigenvalue weighted by Crippen LogP contribution is 2.54. The number of nitrogens with zero attached hydrogens (tertiary/aromatic N) is 8. The van der Waals surface area contributed by atoms with Crippen molar-refractivity contribution in [1.29, 1.82) is 0 Å². The first-order valence-electron chi connectivity index (χ1n) is 14.6. The van der Waals surface area contributed by atoms with Gasteiger partial charge < -0.3 is 10.6 Å². The van der Waals surface area contributed by atoms with Crippen molar-refractivity contribution in [2.24, 2.45) is 0 Å². The summed E-state index contributed by atoms with van der Waals surface area (Å²) in [5.74, 6) is 1.04. The fraction of sp³-hybridized carbons (Fsp3) is 0.0909. The van der Waals surface area contributed by atoms with Crippen LogP contribution in [-0.2, 0) is 5.66 Å². The van der Waals surface area contributed by atoms with Crippen molar-refractivity contribution in [2.75, 3.05) is 10.6 Å². The Labute approximate surface area is 253 Å². The van der Waals surface area contributed by atoms with Crippen LogP contribution in [0.3, 0.4) is 0 Å². The molecule has 0 fully saturated rings. The average molecular weight is 591 g/mol. The van der Waals surface area contributed by atoms with E-state index in [1.807, 2.05) is 103 Å². The van der Waals surface area contributed by atoms with Gasteiger partial charge in [-0.1, -0.05) is 85.0 Å². The van der Waals surface area contributed by atoms with Crippen molar-refractivity contribution in [3.8, 4) is 0 Å². The Balaban J connectivity index is 1.44. The molecular formula is C33H22N10O2. The predicted octanol–water partition coefficient (Wildman–Crippen LogP) is 3.64. The third kappa shape index (κ3) is 2.77. The fourth-order valence-corrected chi connectivity index (χ4v) is 7.30. The average Bonchev–Trinajstić information content (AvgIpc) is 3.70. The lowest BCUT2D eigenvalue weighted by Gasteiger charge is -2.41. The van der Waals surface area contributed by atoms with Crippen molar-refractivity contribution in [3.05, 3.63) is 141 Å². The van der Waals surface area contributed by atoms with E-state index in [-0.39, 0.29) is 23.5 Å². The second kappa shape index (κ2) is 8.20. The van der Waals surface area contributed by atoms with Gasteiger partial charge in [0, 0.05) is 5.56 Å². The summed E-state index contributed by atoms with van der Waals surface area (Å²) in [6.45, 7) is 0. The minimum absolute atomic E-state index is 0.257. The number of rotatable bonds is 2. The zero-order valence-electron chi connectivity index (χ0n) is 23.5. The molecule has 2 aliphatic heterocycles. The number of hydrogen-bond acceptors (Lipinski definition) is 8. The molecule has 0 saturated carbocycles. The van der Waals surface area contributed by atoms with Gasteiger partial charge in [0.15, 0.2) is 5.66 Å². The van der Waals surface area contributed by atoms with E-state index < -0.39 is 22.7 Å². The van der Waals surface area contributed by atoms with Crippen LogP contribution in [0.5, 0.6) is 0 Å². The summed E-state index contributed by atoms with van der Waals surface area (Å²) in [5, 5.41) is 7.19. The van der Waals surface area contributed by atoms with Gasteiger partial charge in [0.05, 0.1) is 22.1 Å². The maximum absolute atomic E-state index is 15.0. The molecule has 216 valence electrons. The number of benzene rings is 3. The monoisotopic (exact) mass is 590 g/mol. The Morgan fingerprint density at radius 2 is 1.20 bits per heavy atom. The standard InChI is InChI=1S/C33H22N10O2/c44-30-40-24-18-10-8-16-22(24)34-26(40)36-28-38-32(20-12-4-1-2-5-13-20)33(42(28)30,21-14-6-3-7-15-21)43-29(39-32)37-27-35-23-17-9-11-19-25(23)41(27)31(43)45/h1-4,6-19H,5H2,(H,34,36,38)(H,35,37,39). The van der Waals surface area contributed by atoms with Gasteiger partial charge in [0.25, 0.3) is 0 Å². The Morgan fingerprint density at radius 1 is 0.644 bits per heavy atom. The van der Waals surface area contributed by atoms with E-state index >= 15 is 9.59 Å². The largest absolute Gasteiger partial charge is 0.340 e. The van der Waals surface area contributed by atoms with E-state index in [2.05, 4.69) is 26.7 Å². The topological polar surface area (TPSA) is 128 Å². The molecule has 3 aromatic carbocycles. The van der Waals surface area contributed by atoms with Gasteiger partial charge in [-0.05, 0) is 36.3 Å². The SMILES string of the molecule is O=c1n2c(nc3nc4ccccc4n13)NC1(C3=CCC=CC=C3)Nc3nc4nc5ccccc5n4c(=O)n3C21c1ccccc1. The van der Waals surface area contributed by atoms with Crippen molar-refractivity contribution < 1.29 is 0 Å². The second-order valence-corrected chi connectivity index (χ2v) is 11.3. The van der Waals surface area contributed by atoms with E-state index in [0.717, 1.165) is 5.57 Å². The summed E-state index contributed by atoms with van der Waals surface area (Å²) < 4.78 is 6.16. The lowest BCUT2D eigenvalue weighted by atomic mass is 9.81. The highest BCUT2D eigenvalue weighted by atomic mass is 16.2. The molecule has 0 amide bonds. The van der Waals surface area contributed by atoms with Gasteiger partial charge in [-0.15, -0.1) is 0 Å². The first-order chi connectivity index (χ1) is 22.1. The van der Waals surface area contributed by atoms with E-state index in [9.17, 15) is 0 Å². The van der Waals surface area contributed by atoms with Crippen LogP contribution in [0, 0.1) is 0 Å². The van der Waals surface area contributed by atoms with Crippen molar-refractivity contribution >= 4 is 45.5 Å². The molecule has 0 radical (unpaired) electrons. The summed E-state index contributed by atoms with van der Waals surface area (Å²) in [5.41, 5.74) is 0.325. The lowest BCUT2D eigenvalue weighted by molar-refractivity contribution is 0.251. The molecule has 3 aliphatic rings. The Bertz CT molecular complexity index is 2500. The molecule has 0 bridgehead atoms. The Morgan fingerprint density at radius 3 is 1.80 bits per heavy atom. The normalized spacial score (nSPS) is 21.5. The molecular weight excluding hydrogens is 568 g/mol. The van der Waals surface area contributed by atoms with Crippen LogP contribution in [0.2, 0.25) is 0 Å². The summed E-state index contributed by atoms with van der Waals surface area (Å²) >= 11 is 0. The van der Waals surface area contributed by atoms with Crippen LogP contribution in [-0.4, -0.2) is 43.5 Å². The predicted molar refractivity (Wildman–Crippen MR) is 169 cm³/mol. The molecule has 2 N–H and O–H groups in total. The first kappa shape index (κ1) is 24.2. The Kier molecular flexibility index (Phi) is 4.40. The van der Waals surface area contributed by atoms with E-state index in [4.69, 9.17) is 9.97 Å². The van der Waals surface area contributed by atoms with E-state index in [1.54, 1.807) is 9.13 Å². The van der Waals surface area contributed by atoms with Gasteiger partial charge in [-0.3, -0.25) is 0 Å². The number of imidazole rings is 2. The highest BCUT2D eigenvalue weighted by molar-refractivity contribution is 5.81. The number of fused-ring (bicyclic) bond motifs is 11. The molecule has 12 heteroatoms. The van der Waals surface area contributed by atoms with Crippen LogP contribution < -0.4 is 22.0 Å². The van der Waals surface area contributed by atoms with E-state index in [1.165, 1.54) is 8.80 Å². The molecule has 4 aromatic heterocycles. The smallest absolute Gasteiger partial charge is 0.325 e. The van der Waals surface area contributed by atoms with Crippen molar-refractivity contribution in [2.45, 2.75) is 17.7 Å². The van der Waals surface area contributed by atoms with Crippen LogP contribution in [0.1, 0.15) is 12.0 Å². The van der Waals surface area contributed by atoms with Crippen LogP contribution in [0.25, 0.3) is 33.6 Å². The molecule has 12 nitrogen and oxygen atoms in total. The molecule has 0 unspecified atom stereocenters. The van der Waals surface area contributed by atoms with Crippen molar-refractivity contribution in [3.63, 3.8) is 0 Å². The Hall–Kier alpha value is -6.30. The van der Waals surface area contributed by atoms with Gasteiger partial charge in [-0.2, -0.15) is 9.97 Å². The number of aromatic nitrogens is 8. The van der Waals surface area contributed by atoms with E-state index in [0.29, 0.717) is 34.1 Å². The number of allylic oxidation sites excluding steroid dienone is 4. The highest BCUT2D eigenvalue weighted by Gasteiger charge is 2.69. The van der Waals surface area contributed by atoms with Crippen LogP contribution >= 0.6 is 0 Å². The summed E-state index contributed by atoms with van der Waals surface area (Å²) in [4.78, 5) is 49.2. The quantitative estimate of drug-likeness (QED) is 0.313. The van der Waals surface area contributed by atoms with Crippen LogP contribution in [0.4, 0.5) is 11.9 Å². The number of para-hydroxylation sites is 4. The molecule has 10 rings (SSSR count). The molecule has 6 heterocycles. The third-order valence-electron chi connectivity index (χ3n) is 9.06. The molecule has 45 heavy (non-hydrogen) atoms. The maximum atomic E-state index is 15.0.